The zero-order valence-electron chi connectivity index (χ0n) is 29.4. The van der Waals surface area contributed by atoms with Gasteiger partial charge in [0.15, 0.2) is 17.5 Å². The van der Waals surface area contributed by atoms with Crippen molar-refractivity contribution in [2.24, 2.45) is 0 Å². The zero-order chi connectivity index (χ0) is 35.8. The number of benzene rings is 9. The first-order valence-electron chi connectivity index (χ1n) is 18.3. The molecule has 0 amide bonds. The molecule has 54 heavy (non-hydrogen) atoms. The predicted molar refractivity (Wildman–Crippen MR) is 225 cm³/mol. The Balaban J connectivity index is 1.15. The molecule has 0 aliphatic carbocycles. The average Bonchev–Trinajstić information content (AvgIpc) is 3.26. The smallest absolute Gasteiger partial charge is 0.164 e. The molecule has 0 radical (unpaired) electrons. The number of hydrogen-bond donors (Lipinski definition) is 0. The van der Waals surface area contributed by atoms with Gasteiger partial charge in [0.05, 0.1) is 0 Å². The molecule has 3 nitrogen and oxygen atoms in total. The highest BCUT2D eigenvalue weighted by molar-refractivity contribution is 6.04. The van der Waals surface area contributed by atoms with Crippen LogP contribution < -0.4 is 0 Å². The molecule has 1 heterocycles. The lowest BCUT2D eigenvalue weighted by Crippen LogP contribution is -2.01. The lowest BCUT2D eigenvalue weighted by atomic mass is 9.94. The highest BCUT2D eigenvalue weighted by Gasteiger charge is 2.17. The van der Waals surface area contributed by atoms with Gasteiger partial charge in [-0.3, -0.25) is 0 Å². The molecule has 0 unspecified atom stereocenters. The van der Waals surface area contributed by atoms with Crippen molar-refractivity contribution in [2.75, 3.05) is 0 Å². The third kappa shape index (κ3) is 5.78. The summed E-state index contributed by atoms with van der Waals surface area (Å²) < 4.78 is 0. The minimum Gasteiger partial charge on any atom is -0.208 e. The maximum absolute atomic E-state index is 5.23. The van der Waals surface area contributed by atoms with Crippen LogP contribution in [0.1, 0.15) is 0 Å². The van der Waals surface area contributed by atoms with E-state index in [4.69, 9.17) is 15.0 Å². The first-order valence-corrected chi connectivity index (χ1v) is 18.3. The molecule has 0 N–H and O–H groups in total. The molecule has 252 valence electrons. The second kappa shape index (κ2) is 13.4. The van der Waals surface area contributed by atoms with E-state index in [1.165, 1.54) is 44.0 Å². The van der Waals surface area contributed by atoms with Crippen molar-refractivity contribution in [3.63, 3.8) is 0 Å². The van der Waals surface area contributed by atoms with Gasteiger partial charge in [0.25, 0.3) is 0 Å². The SMILES string of the molecule is c1ccc(-c2ccc3cc(-c4nc(-c5cccc(-c6cccc7ccccc67)c5)nc(-c5ccc(-c6ccccc6)c6ccccc56)n4)ccc3c2)cc1. The number of hydrogen-bond acceptors (Lipinski definition) is 3. The quantitative estimate of drug-likeness (QED) is 0.175. The van der Waals surface area contributed by atoms with Crippen LogP contribution in [0.15, 0.2) is 200 Å². The van der Waals surface area contributed by atoms with Crippen LogP contribution in [0.5, 0.6) is 0 Å². The minimum atomic E-state index is 0.632. The standard InChI is InChI=1S/C51H33N3/c1-3-13-34(14-4-1)37-25-26-39-32-42(28-27-38(39)31-37)50-52-49(41-20-11-19-40(33-41)44-24-12-18-36-17-7-8-21-43(36)44)53-51(54-50)48-30-29-45(35-15-5-2-6-16-35)46-22-9-10-23-47(46)48/h1-33H. The lowest BCUT2D eigenvalue weighted by Gasteiger charge is -2.14. The van der Waals surface area contributed by atoms with E-state index in [0.29, 0.717) is 17.5 Å². The molecule has 0 aliphatic heterocycles. The van der Waals surface area contributed by atoms with Gasteiger partial charge in [0.1, 0.15) is 0 Å². The summed E-state index contributed by atoms with van der Waals surface area (Å²) >= 11 is 0. The molecular formula is C51H33N3. The Morgan fingerprint density at radius 2 is 0.704 bits per heavy atom. The van der Waals surface area contributed by atoms with Gasteiger partial charge in [0.2, 0.25) is 0 Å². The molecule has 0 atom stereocenters. The number of nitrogens with zero attached hydrogens (tertiary/aromatic N) is 3. The summed E-state index contributed by atoms with van der Waals surface area (Å²) in [6.07, 6.45) is 0. The van der Waals surface area contributed by atoms with Crippen LogP contribution in [0.2, 0.25) is 0 Å². The van der Waals surface area contributed by atoms with E-state index in [1.54, 1.807) is 0 Å². The van der Waals surface area contributed by atoms with E-state index in [9.17, 15) is 0 Å². The van der Waals surface area contributed by atoms with Gasteiger partial charge >= 0.3 is 0 Å². The largest absolute Gasteiger partial charge is 0.208 e. The topological polar surface area (TPSA) is 38.7 Å². The Hall–Kier alpha value is -7.23. The van der Waals surface area contributed by atoms with Crippen molar-refractivity contribution in [3.05, 3.63) is 200 Å². The van der Waals surface area contributed by atoms with Crippen molar-refractivity contribution in [2.45, 2.75) is 0 Å². The van der Waals surface area contributed by atoms with Crippen molar-refractivity contribution in [3.8, 4) is 67.5 Å². The summed E-state index contributed by atoms with van der Waals surface area (Å²) in [5.41, 5.74) is 9.88. The number of fused-ring (bicyclic) bond motifs is 3. The highest BCUT2D eigenvalue weighted by atomic mass is 15.0. The summed E-state index contributed by atoms with van der Waals surface area (Å²) in [7, 11) is 0. The molecule has 10 aromatic rings. The predicted octanol–water partition coefficient (Wildman–Crippen LogP) is 13.3. The molecule has 0 bridgehead atoms. The number of aromatic nitrogens is 3. The normalized spacial score (nSPS) is 11.3. The van der Waals surface area contributed by atoms with E-state index in [2.05, 4.69) is 194 Å². The first kappa shape index (κ1) is 31.5. The molecule has 9 aromatic carbocycles. The molecule has 3 heteroatoms. The van der Waals surface area contributed by atoms with Crippen molar-refractivity contribution in [1.29, 1.82) is 0 Å². The fraction of sp³-hybridized carbons (Fsp3) is 0. The Kier molecular flexibility index (Phi) is 7.81. The van der Waals surface area contributed by atoms with Gasteiger partial charge in [-0.1, -0.05) is 176 Å². The zero-order valence-corrected chi connectivity index (χ0v) is 29.4. The van der Waals surface area contributed by atoms with Gasteiger partial charge in [-0.15, -0.1) is 0 Å². The summed E-state index contributed by atoms with van der Waals surface area (Å²) in [4.78, 5) is 15.6. The van der Waals surface area contributed by atoms with Crippen molar-refractivity contribution in [1.82, 2.24) is 15.0 Å². The van der Waals surface area contributed by atoms with Crippen LogP contribution in [-0.2, 0) is 0 Å². The van der Waals surface area contributed by atoms with Crippen LogP contribution in [-0.4, -0.2) is 15.0 Å². The molecule has 0 saturated carbocycles. The Morgan fingerprint density at radius 1 is 0.222 bits per heavy atom. The average molecular weight is 688 g/mol. The van der Waals surface area contributed by atoms with Gasteiger partial charge < -0.3 is 0 Å². The van der Waals surface area contributed by atoms with E-state index in [0.717, 1.165) is 38.4 Å². The summed E-state index contributed by atoms with van der Waals surface area (Å²) in [5, 5.41) is 6.97. The van der Waals surface area contributed by atoms with Gasteiger partial charge in [-0.25, -0.2) is 15.0 Å². The summed E-state index contributed by atoms with van der Waals surface area (Å²) in [6, 6.07) is 70.6. The summed E-state index contributed by atoms with van der Waals surface area (Å²) in [6.45, 7) is 0. The maximum atomic E-state index is 5.23. The van der Waals surface area contributed by atoms with Crippen LogP contribution in [0.3, 0.4) is 0 Å². The van der Waals surface area contributed by atoms with E-state index in [1.807, 2.05) is 6.07 Å². The Morgan fingerprint density at radius 3 is 1.46 bits per heavy atom. The third-order valence-electron chi connectivity index (χ3n) is 10.3. The molecule has 10 rings (SSSR count). The number of rotatable bonds is 6. The molecular weight excluding hydrogens is 655 g/mol. The molecule has 0 aliphatic rings. The van der Waals surface area contributed by atoms with E-state index >= 15 is 0 Å². The Labute approximate surface area is 313 Å². The second-order valence-electron chi connectivity index (χ2n) is 13.6. The van der Waals surface area contributed by atoms with Crippen LogP contribution >= 0.6 is 0 Å². The van der Waals surface area contributed by atoms with Gasteiger partial charge in [0, 0.05) is 16.7 Å². The molecule has 0 fully saturated rings. The van der Waals surface area contributed by atoms with E-state index < -0.39 is 0 Å². The molecule has 0 spiro atoms. The Bertz CT molecular complexity index is 2980. The third-order valence-corrected chi connectivity index (χ3v) is 10.3. The van der Waals surface area contributed by atoms with E-state index in [-0.39, 0.29) is 0 Å². The van der Waals surface area contributed by atoms with Crippen molar-refractivity contribution < 1.29 is 0 Å². The molecule has 1 aromatic heterocycles. The minimum absolute atomic E-state index is 0.632. The summed E-state index contributed by atoms with van der Waals surface area (Å²) in [5.74, 6) is 1.91. The second-order valence-corrected chi connectivity index (χ2v) is 13.6. The lowest BCUT2D eigenvalue weighted by molar-refractivity contribution is 1.08. The maximum Gasteiger partial charge on any atom is 0.164 e. The van der Waals surface area contributed by atoms with Crippen LogP contribution in [0, 0.1) is 0 Å². The monoisotopic (exact) mass is 687 g/mol. The van der Waals surface area contributed by atoms with Crippen LogP contribution in [0.4, 0.5) is 0 Å². The molecule has 0 saturated heterocycles. The fourth-order valence-electron chi connectivity index (χ4n) is 7.62. The fourth-order valence-corrected chi connectivity index (χ4v) is 7.62. The first-order chi connectivity index (χ1) is 26.7. The van der Waals surface area contributed by atoms with Gasteiger partial charge in [-0.2, -0.15) is 0 Å². The van der Waals surface area contributed by atoms with Crippen molar-refractivity contribution >= 4 is 32.3 Å². The van der Waals surface area contributed by atoms with Gasteiger partial charge in [-0.05, 0) is 90.0 Å². The highest BCUT2D eigenvalue weighted by Crippen LogP contribution is 2.37. The van der Waals surface area contributed by atoms with Crippen LogP contribution in [0.25, 0.3) is 99.9 Å².